The van der Waals surface area contributed by atoms with Crippen LogP contribution in [0.4, 0.5) is 5.13 Å². The number of nitrogens with one attached hydrogen (secondary N) is 1. The molecule has 0 spiro atoms. The van der Waals surface area contributed by atoms with Gasteiger partial charge in [0, 0.05) is 17.6 Å². The van der Waals surface area contributed by atoms with Gasteiger partial charge in [0.15, 0.2) is 0 Å². The monoisotopic (exact) mass is 195 g/mol. The van der Waals surface area contributed by atoms with Gasteiger partial charge < -0.3 is 5.32 Å². The van der Waals surface area contributed by atoms with Gasteiger partial charge in [0.2, 0.25) is 5.13 Å². The van der Waals surface area contributed by atoms with Crippen molar-refractivity contribution in [2.45, 2.75) is 32.2 Å². The molecular formula is C9H13N3S. The van der Waals surface area contributed by atoms with Crippen molar-refractivity contribution in [3.8, 4) is 0 Å². The van der Waals surface area contributed by atoms with Crippen molar-refractivity contribution in [3.63, 3.8) is 0 Å². The molecular weight excluding hydrogens is 182 g/mol. The van der Waals surface area contributed by atoms with E-state index in [1.807, 2.05) is 6.92 Å². The van der Waals surface area contributed by atoms with Crippen LogP contribution < -0.4 is 5.32 Å². The summed E-state index contributed by atoms with van der Waals surface area (Å²) in [5.74, 6) is 0.860. The van der Waals surface area contributed by atoms with Crippen molar-refractivity contribution in [2.75, 3.05) is 5.32 Å². The first-order chi connectivity index (χ1) is 6.34. The van der Waals surface area contributed by atoms with Gasteiger partial charge in [-0.2, -0.15) is 4.37 Å². The Morgan fingerprint density at radius 1 is 1.54 bits per heavy atom. The quantitative estimate of drug-likeness (QED) is 0.736. The molecule has 1 N–H and O–H groups in total. The Bertz CT molecular complexity index is 306. The topological polar surface area (TPSA) is 37.8 Å². The molecule has 1 unspecified atom stereocenters. The maximum atomic E-state index is 4.28. The van der Waals surface area contributed by atoms with E-state index in [9.17, 15) is 0 Å². The average molecular weight is 195 g/mol. The predicted octanol–water partition coefficient (Wildman–Crippen LogP) is 2.37. The Morgan fingerprint density at radius 3 is 3.08 bits per heavy atom. The highest BCUT2D eigenvalue weighted by molar-refractivity contribution is 7.09. The summed E-state index contributed by atoms with van der Waals surface area (Å²) in [7, 11) is 0. The smallest absolute Gasteiger partial charge is 0.202 e. The van der Waals surface area contributed by atoms with Crippen LogP contribution in [0, 0.1) is 6.92 Å². The lowest BCUT2D eigenvalue weighted by Gasteiger charge is -2.17. The SMILES string of the molecule is Cc1nsc(NC2CC=CCC2)n1. The van der Waals surface area contributed by atoms with Gasteiger partial charge in [-0.1, -0.05) is 12.2 Å². The van der Waals surface area contributed by atoms with Gasteiger partial charge in [0.05, 0.1) is 0 Å². The van der Waals surface area contributed by atoms with Crippen molar-refractivity contribution >= 4 is 16.7 Å². The lowest BCUT2D eigenvalue weighted by Crippen LogP contribution is -2.19. The van der Waals surface area contributed by atoms with Crippen LogP contribution in [0.2, 0.25) is 0 Å². The number of allylic oxidation sites excluding steroid dienone is 1. The van der Waals surface area contributed by atoms with E-state index in [1.54, 1.807) is 0 Å². The Morgan fingerprint density at radius 2 is 2.46 bits per heavy atom. The number of hydrogen-bond donors (Lipinski definition) is 1. The maximum Gasteiger partial charge on any atom is 0.202 e. The van der Waals surface area contributed by atoms with Crippen molar-refractivity contribution in [3.05, 3.63) is 18.0 Å². The molecule has 1 aliphatic carbocycles. The number of anilines is 1. The minimum Gasteiger partial charge on any atom is -0.357 e. The minimum atomic E-state index is 0.553. The first-order valence-corrected chi connectivity index (χ1v) is 5.34. The van der Waals surface area contributed by atoms with E-state index in [0.717, 1.165) is 17.4 Å². The second kappa shape index (κ2) is 3.87. The fraction of sp³-hybridized carbons (Fsp3) is 0.556. The molecule has 1 aromatic rings. The number of rotatable bonds is 2. The number of aryl methyl sites for hydroxylation is 1. The van der Waals surface area contributed by atoms with Gasteiger partial charge in [0.1, 0.15) is 5.82 Å². The zero-order valence-corrected chi connectivity index (χ0v) is 8.47. The van der Waals surface area contributed by atoms with Crippen LogP contribution in [0.3, 0.4) is 0 Å². The zero-order chi connectivity index (χ0) is 9.10. The van der Waals surface area contributed by atoms with Gasteiger partial charge in [-0.25, -0.2) is 4.98 Å². The maximum absolute atomic E-state index is 4.28. The van der Waals surface area contributed by atoms with E-state index in [4.69, 9.17) is 0 Å². The molecule has 1 heterocycles. The first-order valence-electron chi connectivity index (χ1n) is 4.56. The van der Waals surface area contributed by atoms with Crippen molar-refractivity contribution in [2.24, 2.45) is 0 Å². The molecule has 2 rings (SSSR count). The number of aromatic nitrogens is 2. The number of nitrogens with zero attached hydrogens (tertiary/aromatic N) is 2. The summed E-state index contributed by atoms with van der Waals surface area (Å²) in [6.07, 6.45) is 7.96. The summed E-state index contributed by atoms with van der Waals surface area (Å²) in [5.41, 5.74) is 0. The molecule has 0 saturated carbocycles. The summed E-state index contributed by atoms with van der Waals surface area (Å²) in [5, 5.41) is 4.35. The molecule has 0 aliphatic heterocycles. The standard InChI is InChI=1S/C9H13N3S/c1-7-10-9(13-12-7)11-8-5-3-2-4-6-8/h2-3,8H,4-6H2,1H3,(H,10,11,12). The summed E-state index contributed by atoms with van der Waals surface area (Å²) < 4.78 is 4.13. The normalized spacial score (nSPS) is 21.8. The molecule has 0 amide bonds. The third-order valence-corrected chi connectivity index (χ3v) is 2.86. The molecule has 1 aromatic heterocycles. The van der Waals surface area contributed by atoms with Crippen LogP contribution in [-0.4, -0.2) is 15.4 Å². The fourth-order valence-corrected chi connectivity index (χ4v) is 2.11. The van der Waals surface area contributed by atoms with Crippen LogP contribution >= 0.6 is 11.5 Å². The molecule has 1 aliphatic rings. The van der Waals surface area contributed by atoms with Crippen LogP contribution in [0.25, 0.3) is 0 Å². The third kappa shape index (κ3) is 2.28. The Balaban J connectivity index is 1.94. The van der Waals surface area contributed by atoms with Crippen LogP contribution in [0.15, 0.2) is 12.2 Å². The molecule has 4 heteroatoms. The van der Waals surface area contributed by atoms with E-state index in [1.165, 1.54) is 24.4 Å². The van der Waals surface area contributed by atoms with E-state index < -0.39 is 0 Å². The lowest BCUT2D eigenvalue weighted by atomic mass is 10.0. The van der Waals surface area contributed by atoms with E-state index in [-0.39, 0.29) is 0 Å². The molecule has 0 saturated heterocycles. The molecule has 3 nitrogen and oxygen atoms in total. The largest absolute Gasteiger partial charge is 0.357 e. The van der Waals surface area contributed by atoms with Crippen molar-refractivity contribution in [1.82, 2.24) is 9.36 Å². The fourth-order valence-electron chi connectivity index (χ4n) is 1.46. The van der Waals surface area contributed by atoms with Gasteiger partial charge >= 0.3 is 0 Å². The predicted molar refractivity (Wildman–Crippen MR) is 55.0 cm³/mol. The first kappa shape index (κ1) is 8.69. The zero-order valence-electron chi connectivity index (χ0n) is 7.66. The van der Waals surface area contributed by atoms with Gasteiger partial charge in [-0.3, -0.25) is 0 Å². The van der Waals surface area contributed by atoms with Crippen LogP contribution in [-0.2, 0) is 0 Å². The molecule has 0 bridgehead atoms. The summed E-state index contributed by atoms with van der Waals surface area (Å²) in [6.45, 7) is 1.92. The highest BCUT2D eigenvalue weighted by Gasteiger charge is 2.10. The van der Waals surface area contributed by atoms with Gasteiger partial charge in [-0.15, -0.1) is 0 Å². The molecule has 13 heavy (non-hydrogen) atoms. The third-order valence-electron chi connectivity index (χ3n) is 2.12. The van der Waals surface area contributed by atoms with Crippen LogP contribution in [0.1, 0.15) is 25.1 Å². The highest BCUT2D eigenvalue weighted by Crippen LogP contribution is 2.18. The molecule has 0 radical (unpaired) electrons. The molecule has 0 aromatic carbocycles. The number of hydrogen-bond acceptors (Lipinski definition) is 4. The minimum absolute atomic E-state index is 0.553. The lowest BCUT2D eigenvalue weighted by molar-refractivity contribution is 0.644. The summed E-state index contributed by atoms with van der Waals surface area (Å²) in [6, 6.07) is 0.553. The van der Waals surface area contributed by atoms with Crippen molar-refractivity contribution < 1.29 is 0 Å². The Hall–Kier alpha value is -0.900. The summed E-state index contributed by atoms with van der Waals surface area (Å²) >= 11 is 1.45. The Labute approximate surface area is 82.1 Å². The van der Waals surface area contributed by atoms with Crippen molar-refractivity contribution in [1.29, 1.82) is 0 Å². The second-order valence-electron chi connectivity index (χ2n) is 3.27. The molecule has 1 atom stereocenters. The van der Waals surface area contributed by atoms with E-state index >= 15 is 0 Å². The van der Waals surface area contributed by atoms with Gasteiger partial charge in [-0.05, 0) is 26.2 Å². The summed E-state index contributed by atoms with van der Waals surface area (Å²) in [4.78, 5) is 4.28. The molecule has 70 valence electrons. The second-order valence-corrected chi connectivity index (χ2v) is 4.02. The Kier molecular flexibility index (Phi) is 2.59. The van der Waals surface area contributed by atoms with E-state index in [0.29, 0.717) is 6.04 Å². The highest BCUT2D eigenvalue weighted by atomic mass is 32.1. The van der Waals surface area contributed by atoms with Crippen LogP contribution in [0.5, 0.6) is 0 Å². The van der Waals surface area contributed by atoms with Gasteiger partial charge in [0.25, 0.3) is 0 Å². The van der Waals surface area contributed by atoms with E-state index in [2.05, 4.69) is 26.8 Å². The molecule has 0 fully saturated rings. The average Bonchev–Trinajstić information content (AvgIpc) is 2.53.